The highest BCUT2D eigenvalue weighted by molar-refractivity contribution is 6.30. The average molecular weight is 411 g/mol. The van der Waals surface area contributed by atoms with E-state index in [2.05, 4.69) is 4.98 Å². The molecule has 0 amide bonds. The molecule has 6 heteroatoms. The predicted molar refractivity (Wildman–Crippen MR) is 114 cm³/mol. The van der Waals surface area contributed by atoms with Gasteiger partial charge in [-0.25, -0.2) is 9.97 Å². The third-order valence-electron chi connectivity index (χ3n) is 4.81. The molecule has 0 fully saturated rings. The molecule has 0 saturated carbocycles. The fraction of sp³-hybridized carbons (Fsp3) is 0.261. The monoisotopic (exact) mass is 410 g/mol. The number of carboxylic acid groups (broad SMARTS) is 1. The fourth-order valence-corrected chi connectivity index (χ4v) is 3.62. The second-order valence-electron chi connectivity index (χ2n) is 6.79. The summed E-state index contributed by atoms with van der Waals surface area (Å²) in [4.78, 5) is 21.5. The Morgan fingerprint density at radius 3 is 2.52 bits per heavy atom. The van der Waals surface area contributed by atoms with Gasteiger partial charge in [0, 0.05) is 27.4 Å². The summed E-state index contributed by atoms with van der Waals surface area (Å²) in [5.41, 5.74) is 3.37. The Bertz CT molecular complexity index is 1020. The number of halogens is 1. The number of hydrogen-bond donors (Lipinski definition) is 1. The first-order chi connectivity index (χ1) is 14.0. The maximum Gasteiger partial charge on any atom is 0.311 e. The van der Waals surface area contributed by atoms with Gasteiger partial charge in [-0.05, 0) is 31.5 Å². The van der Waals surface area contributed by atoms with E-state index in [1.54, 1.807) is 19.2 Å². The van der Waals surface area contributed by atoms with Crippen molar-refractivity contribution in [1.82, 2.24) is 9.97 Å². The van der Waals surface area contributed by atoms with Gasteiger partial charge in [-0.15, -0.1) is 0 Å². The molecular weight excluding hydrogens is 388 g/mol. The minimum absolute atomic E-state index is 0.493. The molecule has 3 rings (SSSR count). The summed E-state index contributed by atoms with van der Waals surface area (Å²) >= 11 is 6.14. The van der Waals surface area contributed by atoms with Gasteiger partial charge in [-0.3, -0.25) is 4.79 Å². The third kappa shape index (κ3) is 4.40. The second kappa shape index (κ2) is 9.05. The lowest BCUT2D eigenvalue weighted by atomic mass is 9.89. The molecule has 1 heterocycles. The maximum atomic E-state index is 12.1. The van der Waals surface area contributed by atoms with Gasteiger partial charge in [-0.2, -0.15) is 0 Å². The molecule has 3 aromatic rings. The standard InChI is InChI=1S/C23H23ClN2O3/c1-4-8-18(23(27)28)20-14(2)25-22(15-9-6-5-7-10-15)26-21(20)17-12-11-16(24)13-19(17)29-3/h5-7,9-13,18H,4,8H2,1-3H3,(H,27,28). The second-order valence-corrected chi connectivity index (χ2v) is 7.22. The van der Waals surface area contributed by atoms with Crippen LogP contribution in [0.3, 0.4) is 0 Å². The molecule has 0 spiro atoms. The number of hydrogen-bond acceptors (Lipinski definition) is 4. The summed E-state index contributed by atoms with van der Waals surface area (Å²) in [6, 6.07) is 14.9. The van der Waals surface area contributed by atoms with Gasteiger partial charge in [0.15, 0.2) is 5.82 Å². The Labute approximate surface area is 175 Å². The van der Waals surface area contributed by atoms with E-state index in [0.717, 1.165) is 12.0 Å². The van der Waals surface area contributed by atoms with Crippen LogP contribution >= 0.6 is 11.6 Å². The van der Waals surface area contributed by atoms with Crippen LogP contribution in [-0.2, 0) is 4.79 Å². The zero-order valence-corrected chi connectivity index (χ0v) is 17.4. The highest BCUT2D eigenvalue weighted by atomic mass is 35.5. The van der Waals surface area contributed by atoms with Gasteiger partial charge < -0.3 is 9.84 Å². The van der Waals surface area contributed by atoms with E-state index in [4.69, 9.17) is 21.3 Å². The van der Waals surface area contributed by atoms with Crippen molar-refractivity contribution >= 4 is 17.6 Å². The Hall–Kier alpha value is -2.92. The van der Waals surface area contributed by atoms with E-state index in [1.807, 2.05) is 50.2 Å². The maximum absolute atomic E-state index is 12.1. The first kappa shape index (κ1) is 20.8. The number of nitrogens with zero attached hydrogens (tertiary/aromatic N) is 2. The van der Waals surface area contributed by atoms with Crippen LogP contribution in [0.5, 0.6) is 5.75 Å². The molecule has 1 N–H and O–H groups in total. The van der Waals surface area contributed by atoms with Crippen molar-refractivity contribution in [3.63, 3.8) is 0 Å². The van der Waals surface area contributed by atoms with Crippen LogP contribution in [0.1, 0.15) is 36.9 Å². The number of carboxylic acids is 1. The molecule has 1 atom stereocenters. The van der Waals surface area contributed by atoms with Crippen LogP contribution in [0.25, 0.3) is 22.6 Å². The molecule has 0 aliphatic carbocycles. The number of aryl methyl sites for hydroxylation is 1. The van der Waals surface area contributed by atoms with Crippen molar-refractivity contribution in [2.75, 3.05) is 7.11 Å². The first-order valence-electron chi connectivity index (χ1n) is 9.46. The predicted octanol–water partition coefficient (Wildman–Crippen LogP) is 5.75. The number of aromatic nitrogens is 2. The number of aliphatic carboxylic acids is 1. The Morgan fingerprint density at radius 2 is 1.90 bits per heavy atom. The van der Waals surface area contributed by atoms with E-state index >= 15 is 0 Å². The number of methoxy groups -OCH3 is 1. The van der Waals surface area contributed by atoms with Crippen LogP contribution < -0.4 is 4.74 Å². The molecule has 29 heavy (non-hydrogen) atoms. The van der Waals surface area contributed by atoms with Gasteiger partial charge in [0.1, 0.15) is 5.75 Å². The van der Waals surface area contributed by atoms with E-state index < -0.39 is 11.9 Å². The molecule has 150 valence electrons. The zero-order chi connectivity index (χ0) is 21.0. The van der Waals surface area contributed by atoms with Gasteiger partial charge in [0.05, 0.1) is 18.7 Å². The molecule has 0 saturated heterocycles. The minimum atomic E-state index is -0.889. The summed E-state index contributed by atoms with van der Waals surface area (Å²) in [5, 5.41) is 10.4. The molecule has 2 aromatic carbocycles. The molecule has 0 bridgehead atoms. The third-order valence-corrected chi connectivity index (χ3v) is 5.05. The number of rotatable bonds is 7. The average Bonchev–Trinajstić information content (AvgIpc) is 2.72. The molecule has 5 nitrogen and oxygen atoms in total. The van der Waals surface area contributed by atoms with Crippen LogP contribution in [0.15, 0.2) is 48.5 Å². The lowest BCUT2D eigenvalue weighted by molar-refractivity contribution is -0.139. The molecular formula is C23H23ClN2O3. The quantitative estimate of drug-likeness (QED) is 0.536. The number of benzene rings is 2. The summed E-state index contributed by atoms with van der Waals surface area (Å²) in [7, 11) is 1.56. The van der Waals surface area contributed by atoms with E-state index in [-0.39, 0.29) is 0 Å². The van der Waals surface area contributed by atoms with E-state index in [9.17, 15) is 9.90 Å². The van der Waals surface area contributed by atoms with Crippen molar-refractivity contribution in [3.8, 4) is 28.4 Å². The highest BCUT2D eigenvalue weighted by Crippen LogP contribution is 2.39. The Kier molecular flexibility index (Phi) is 6.49. The molecule has 0 radical (unpaired) electrons. The van der Waals surface area contributed by atoms with Crippen LogP contribution in [0.4, 0.5) is 0 Å². The Balaban J connectivity index is 2.33. The largest absolute Gasteiger partial charge is 0.496 e. The topological polar surface area (TPSA) is 72.3 Å². The summed E-state index contributed by atoms with van der Waals surface area (Å²) in [6.45, 7) is 3.80. The van der Waals surface area contributed by atoms with Crippen molar-refractivity contribution in [1.29, 1.82) is 0 Å². The van der Waals surface area contributed by atoms with Gasteiger partial charge in [0.2, 0.25) is 0 Å². The molecule has 0 aliphatic rings. The fourth-order valence-electron chi connectivity index (χ4n) is 3.46. The Morgan fingerprint density at radius 1 is 1.17 bits per heavy atom. The lowest BCUT2D eigenvalue weighted by Crippen LogP contribution is -2.16. The van der Waals surface area contributed by atoms with Crippen molar-refractivity contribution in [2.45, 2.75) is 32.6 Å². The molecule has 1 aromatic heterocycles. The van der Waals surface area contributed by atoms with Crippen molar-refractivity contribution in [2.24, 2.45) is 0 Å². The lowest BCUT2D eigenvalue weighted by Gasteiger charge is -2.20. The summed E-state index contributed by atoms with van der Waals surface area (Å²) in [5.74, 6) is -0.517. The molecule has 0 aliphatic heterocycles. The van der Waals surface area contributed by atoms with Crippen LogP contribution in [0.2, 0.25) is 5.02 Å². The zero-order valence-electron chi connectivity index (χ0n) is 16.6. The summed E-state index contributed by atoms with van der Waals surface area (Å²) < 4.78 is 5.53. The number of carbonyl (C=O) groups is 1. The van der Waals surface area contributed by atoms with Crippen molar-refractivity contribution in [3.05, 3.63) is 64.8 Å². The smallest absolute Gasteiger partial charge is 0.311 e. The highest BCUT2D eigenvalue weighted by Gasteiger charge is 2.28. The first-order valence-corrected chi connectivity index (χ1v) is 9.84. The summed E-state index contributed by atoms with van der Waals surface area (Å²) in [6.07, 6.45) is 1.22. The van der Waals surface area contributed by atoms with E-state index in [0.29, 0.717) is 45.5 Å². The molecule has 1 unspecified atom stereocenters. The van der Waals surface area contributed by atoms with Crippen LogP contribution in [-0.4, -0.2) is 28.2 Å². The van der Waals surface area contributed by atoms with Gasteiger partial charge in [0.25, 0.3) is 0 Å². The van der Waals surface area contributed by atoms with Crippen LogP contribution in [0, 0.1) is 6.92 Å². The van der Waals surface area contributed by atoms with E-state index in [1.165, 1.54) is 0 Å². The number of ether oxygens (including phenoxy) is 1. The van der Waals surface area contributed by atoms with Gasteiger partial charge >= 0.3 is 5.97 Å². The van der Waals surface area contributed by atoms with Gasteiger partial charge in [-0.1, -0.05) is 55.3 Å². The normalized spacial score (nSPS) is 11.9. The van der Waals surface area contributed by atoms with Crippen molar-refractivity contribution < 1.29 is 14.6 Å². The minimum Gasteiger partial charge on any atom is -0.496 e. The SMILES string of the molecule is CCCC(C(=O)O)c1c(C)nc(-c2ccccc2)nc1-c1ccc(Cl)cc1OC.